The number of nitrogens with zero attached hydrogens (tertiary/aromatic N) is 5. The van der Waals surface area contributed by atoms with Gasteiger partial charge in [0.05, 0.1) is 16.7 Å². The normalized spacial score (nSPS) is 15.4. The molecule has 1 amide bonds. The number of hydrogen-bond donors (Lipinski definition) is 0. The number of non-ortho nitro benzene ring substituents is 1. The Kier molecular flexibility index (Phi) is 7.05. The molecule has 0 radical (unpaired) electrons. The molecule has 0 aliphatic carbocycles. The predicted molar refractivity (Wildman–Crippen MR) is 125 cm³/mol. The zero-order valence-electron chi connectivity index (χ0n) is 18.5. The van der Waals surface area contributed by atoms with Crippen LogP contribution in [0, 0.1) is 17.0 Å². The van der Waals surface area contributed by atoms with E-state index in [1.165, 1.54) is 29.5 Å². The lowest BCUT2D eigenvalue weighted by Gasteiger charge is -2.35. The molecule has 1 aliphatic rings. The molecule has 0 spiro atoms. The van der Waals surface area contributed by atoms with E-state index in [1.807, 2.05) is 43.0 Å². The molecule has 4 rings (SSSR count). The summed E-state index contributed by atoms with van der Waals surface area (Å²) in [7, 11) is 0. The molecular weight excluding hydrogens is 442 g/mol. The second-order valence-corrected chi connectivity index (χ2v) is 9.40. The van der Waals surface area contributed by atoms with E-state index >= 15 is 0 Å². The SMILES string of the molecule is Cc1ccc(-c2noc(CN3CCN(C(=O)[C@H](C)Sc4ccc([N+](=O)[O-])cc4)CC3)n2)cc1. The largest absolute Gasteiger partial charge is 0.339 e. The molecule has 0 saturated carbocycles. The van der Waals surface area contributed by atoms with Crippen LogP contribution in [-0.4, -0.2) is 62.2 Å². The summed E-state index contributed by atoms with van der Waals surface area (Å²) in [6, 6.07) is 14.3. The Morgan fingerprint density at radius 2 is 1.79 bits per heavy atom. The highest BCUT2D eigenvalue weighted by atomic mass is 32.2. The standard InChI is InChI=1S/C23H25N5O4S/c1-16-3-5-18(6-4-16)22-24-21(32-25-22)15-26-11-13-27(14-12-26)23(29)17(2)33-20-9-7-19(8-10-20)28(30)31/h3-10,17H,11-15H2,1-2H3/t17-/m0/s1. The third-order valence-corrected chi connectivity index (χ3v) is 6.63. The van der Waals surface area contributed by atoms with Crippen molar-refractivity contribution < 1.29 is 14.2 Å². The fourth-order valence-corrected chi connectivity index (χ4v) is 4.57. The number of piperazine rings is 1. The summed E-state index contributed by atoms with van der Waals surface area (Å²) < 4.78 is 5.43. The molecule has 3 aromatic rings. The first-order valence-corrected chi connectivity index (χ1v) is 11.6. The Hall–Kier alpha value is -3.24. The summed E-state index contributed by atoms with van der Waals surface area (Å²) in [6.45, 7) is 7.16. The third-order valence-electron chi connectivity index (χ3n) is 5.53. The predicted octanol–water partition coefficient (Wildman–Crippen LogP) is 3.78. The molecule has 1 fully saturated rings. The van der Waals surface area contributed by atoms with Crippen molar-refractivity contribution in [2.45, 2.75) is 30.5 Å². The summed E-state index contributed by atoms with van der Waals surface area (Å²) >= 11 is 1.41. The van der Waals surface area contributed by atoms with Crippen LogP contribution < -0.4 is 0 Å². The van der Waals surface area contributed by atoms with Gasteiger partial charge in [0.25, 0.3) is 5.69 Å². The second-order valence-electron chi connectivity index (χ2n) is 7.99. The number of aromatic nitrogens is 2. The highest BCUT2D eigenvalue weighted by molar-refractivity contribution is 8.00. The van der Waals surface area contributed by atoms with Gasteiger partial charge in [-0.05, 0) is 26.0 Å². The van der Waals surface area contributed by atoms with Gasteiger partial charge in [-0.15, -0.1) is 11.8 Å². The molecule has 1 atom stereocenters. The molecule has 33 heavy (non-hydrogen) atoms. The van der Waals surface area contributed by atoms with Crippen LogP contribution in [0.1, 0.15) is 18.4 Å². The molecule has 2 aromatic carbocycles. The summed E-state index contributed by atoms with van der Waals surface area (Å²) in [5, 5.41) is 14.6. The minimum atomic E-state index is -0.430. The first-order chi connectivity index (χ1) is 15.9. The van der Waals surface area contributed by atoms with Crippen LogP contribution in [0.3, 0.4) is 0 Å². The zero-order chi connectivity index (χ0) is 23.4. The van der Waals surface area contributed by atoms with Gasteiger partial charge in [0.2, 0.25) is 17.6 Å². The van der Waals surface area contributed by atoms with Gasteiger partial charge >= 0.3 is 0 Å². The fourth-order valence-electron chi connectivity index (χ4n) is 3.61. The Morgan fingerprint density at radius 1 is 1.12 bits per heavy atom. The molecular formula is C23H25N5O4S. The molecule has 2 heterocycles. The molecule has 1 aromatic heterocycles. The Morgan fingerprint density at radius 3 is 2.42 bits per heavy atom. The van der Waals surface area contributed by atoms with Gasteiger partial charge in [-0.25, -0.2) is 0 Å². The maximum atomic E-state index is 12.9. The number of nitro groups is 1. The Bertz CT molecular complexity index is 1110. The number of rotatable bonds is 7. The van der Waals surface area contributed by atoms with Crippen molar-refractivity contribution >= 4 is 23.4 Å². The van der Waals surface area contributed by atoms with Crippen LogP contribution in [0.15, 0.2) is 57.9 Å². The molecule has 0 unspecified atom stereocenters. The molecule has 1 saturated heterocycles. The van der Waals surface area contributed by atoms with Crippen molar-refractivity contribution in [3.8, 4) is 11.4 Å². The Labute approximate surface area is 195 Å². The molecule has 10 heteroatoms. The van der Waals surface area contributed by atoms with Gasteiger partial charge in [-0.2, -0.15) is 4.98 Å². The van der Waals surface area contributed by atoms with Gasteiger partial charge < -0.3 is 9.42 Å². The van der Waals surface area contributed by atoms with E-state index in [0.29, 0.717) is 31.3 Å². The zero-order valence-corrected chi connectivity index (χ0v) is 19.3. The summed E-state index contributed by atoms with van der Waals surface area (Å²) in [6.07, 6.45) is 0. The third kappa shape index (κ3) is 5.77. The van der Waals surface area contributed by atoms with Crippen molar-refractivity contribution in [1.82, 2.24) is 19.9 Å². The van der Waals surface area contributed by atoms with E-state index in [1.54, 1.807) is 12.1 Å². The van der Waals surface area contributed by atoms with Gasteiger partial charge in [-0.3, -0.25) is 19.8 Å². The lowest BCUT2D eigenvalue weighted by molar-refractivity contribution is -0.384. The van der Waals surface area contributed by atoms with Crippen molar-refractivity contribution in [3.63, 3.8) is 0 Å². The number of carbonyl (C=O) groups excluding carboxylic acids is 1. The number of aryl methyl sites for hydroxylation is 1. The van der Waals surface area contributed by atoms with Gasteiger partial charge in [0, 0.05) is 48.8 Å². The van der Waals surface area contributed by atoms with Crippen molar-refractivity contribution in [2.75, 3.05) is 26.2 Å². The molecule has 9 nitrogen and oxygen atoms in total. The number of benzene rings is 2. The van der Waals surface area contributed by atoms with E-state index in [-0.39, 0.29) is 16.8 Å². The average molecular weight is 468 g/mol. The van der Waals surface area contributed by atoms with Crippen LogP contribution in [0.4, 0.5) is 5.69 Å². The van der Waals surface area contributed by atoms with Crippen LogP contribution in [0.5, 0.6) is 0 Å². The van der Waals surface area contributed by atoms with Crippen molar-refractivity contribution in [2.24, 2.45) is 0 Å². The van der Waals surface area contributed by atoms with E-state index in [9.17, 15) is 14.9 Å². The minimum absolute atomic E-state index is 0.0432. The van der Waals surface area contributed by atoms with Gasteiger partial charge in [0.1, 0.15) is 0 Å². The monoisotopic (exact) mass is 467 g/mol. The minimum Gasteiger partial charge on any atom is -0.339 e. The quantitative estimate of drug-likeness (QED) is 0.294. The van der Waals surface area contributed by atoms with Crippen LogP contribution in [-0.2, 0) is 11.3 Å². The molecule has 0 bridgehead atoms. The highest BCUT2D eigenvalue weighted by Crippen LogP contribution is 2.27. The lowest BCUT2D eigenvalue weighted by atomic mass is 10.1. The lowest BCUT2D eigenvalue weighted by Crippen LogP contribution is -2.50. The number of amides is 1. The van der Waals surface area contributed by atoms with Gasteiger partial charge in [0.15, 0.2) is 0 Å². The number of hydrogen-bond acceptors (Lipinski definition) is 8. The highest BCUT2D eigenvalue weighted by Gasteiger charge is 2.26. The topological polar surface area (TPSA) is 106 Å². The second kappa shape index (κ2) is 10.1. The van der Waals surface area contributed by atoms with Gasteiger partial charge in [-0.1, -0.05) is 35.0 Å². The molecule has 172 valence electrons. The van der Waals surface area contributed by atoms with Crippen LogP contribution in [0.25, 0.3) is 11.4 Å². The number of carbonyl (C=O) groups is 1. The van der Waals surface area contributed by atoms with E-state index in [0.717, 1.165) is 23.5 Å². The summed E-state index contributed by atoms with van der Waals surface area (Å²) in [5.41, 5.74) is 2.14. The maximum absolute atomic E-state index is 12.9. The summed E-state index contributed by atoms with van der Waals surface area (Å²) in [4.78, 5) is 32.6. The Balaban J connectivity index is 1.26. The number of thioether (sulfide) groups is 1. The van der Waals surface area contributed by atoms with E-state index in [4.69, 9.17) is 4.52 Å². The summed E-state index contributed by atoms with van der Waals surface area (Å²) in [5.74, 6) is 1.21. The molecule has 0 N–H and O–H groups in total. The first kappa shape index (κ1) is 22.9. The van der Waals surface area contributed by atoms with Crippen LogP contribution >= 0.6 is 11.8 Å². The van der Waals surface area contributed by atoms with Crippen molar-refractivity contribution in [3.05, 3.63) is 70.1 Å². The average Bonchev–Trinajstić information content (AvgIpc) is 3.28. The number of nitro benzene ring substituents is 1. The van der Waals surface area contributed by atoms with E-state index < -0.39 is 4.92 Å². The van der Waals surface area contributed by atoms with Crippen LogP contribution in [0.2, 0.25) is 0 Å². The van der Waals surface area contributed by atoms with Crippen molar-refractivity contribution in [1.29, 1.82) is 0 Å². The molecule has 1 aliphatic heterocycles. The smallest absolute Gasteiger partial charge is 0.269 e. The fraction of sp³-hybridized carbons (Fsp3) is 0.348. The maximum Gasteiger partial charge on any atom is 0.269 e. The van der Waals surface area contributed by atoms with E-state index in [2.05, 4.69) is 15.0 Å². The first-order valence-electron chi connectivity index (χ1n) is 10.7.